The van der Waals surface area contributed by atoms with Crippen LogP contribution in [-0.2, 0) is 25.3 Å². The summed E-state index contributed by atoms with van der Waals surface area (Å²) in [6, 6.07) is 15.3. The van der Waals surface area contributed by atoms with Crippen molar-refractivity contribution < 1.29 is 37.0 Å². The number of carbonyl (C=O) groups is 3. The maximum atomic E-state index is 14.3. The highest BCUT2D eigenvalue weighted by molar-refractivity contribution is 7.10. The van der Waals surface area contributed by atoms with Gasteiger partial charge in [-0.05, 0) is 54.6 Å². The van der Waals surface area contributed by atoms with Gasteiger partial charge >= 0.3 is 12.1 Å². The maximum absolute atomic E-state index is 14.3. The molecule has 1 aliphatic heterocycles. The second kappa shape index (κ2) is 10.9. The van der Waals surface area contributed by atoms with Gasteiger partial charge in [0.2, 0.25) is 5.91 Å². The number of Topliss-reactive ketones (excluding diaryl/α,β-unsaturated/α-hetero) is 1. The molecule has 208 valence electrons. The van der Waals surface area contributed by atoms with Gasteiger partial charge in [-0.3, -0.25) is 19.3 Å². The van der Waals surface area contributed by atoms with Gasteiger partial charge in [-0.25, -0.2) is 0 Å². The number of esters is 1. The smallest absolute Gasteiger partial charge is 0.418 e. The summed E-state index contributed by atoms with van der Waals surface area (Å²) < 4.78 is 53.0. The van der Waals surface area contributed by atoms with Crippen LogP contribution in [0.15, 0.2) is 77.3 Å². The van der Waals surface area contributed by atoms with E-state index in [4.69, 9.17) is 9.47 Å². The average Bonchev–Trinajstić information content (AvgIpc) is 3.47. The minimum Gasteiger partial charge on any atom is -0.497 e. The summed E-state index contributed by atoms with van der Waals surface area (Å²) in [6.45, 7) is 1.71. The highest BCUT2D eigenvalue weighted by Gasteiger charge is 2.51. The molecule has 0 bridgehead atoms. The van der Waals surface area contributed by atoms with Crippen molar-refractivity contribution in [3.63, 3.8) is 0 Å². The quantitative estimate of drug-likeness (QED) is 0.251. The minimum atomic E-state index is -4.74. The van der Waals surface area contributed by atoms with E-state index >= 15 is 0 Å². The lowest BCUT2D eigenvalue weighted by Gasteiger charge is -2.42. The van der Waals surface area contributed by atoms with Crippen LogP contribution >= 0.6 is 11.3 Å². The zero-order chi connectivity index (χ0) is 28.6. The highest BCUT2D eigenvalue weighted by Crippen LogP contribution is 2.51. The minimum absolute atomic E-state index is 0.00344. The number of para-hydroxylation sites is 1. The van der Waals surface area contributed by atoms with Crippen LogP contribution in [0.4, 0.5) is 18.9 Å². The molecule has 0 radical (unpaired) electrons. The van der Waals surface area contributed by atoms with E-state index in [0.29, 0.717) is 16.2 Å². The number of rotatable bonds is 6. The molecule has 40 heavy (non-hydrogen) atoms. The Labute approximate surface area is 233 Å². The first-order chi connectivity index (χ1) is 19.2. The summed E-state index contributed by atoms with van der Waals surface area (Å²) in [7, 11) is 1.49. The fourth-order valence-corrected chi connectivity index (χ4v) is 6.50. The first-order valence-electron chi connectivity index (χ1n) is 12.8. The molecule has 0 saturated carbocycles. The van der Waals surface area contributed by atoms with Crippen LogP contribution in [0.2, 0.25) is 0 Å². The van der Waals surface area contributed by atoms with E-state index in [1.807, 2.05) is 0 Å². The van der Waals surface area contributed by atoms with Gasteiger partial charge in [0.1, 0.15) is 11.7 Å². The number of carbonyl (C=O) groups excluding carboxylic acids is 3. The summed E-state index contributed by atoms with van der Waals surface area (Å²) in [6.07, 6.45) is -4.99. The van der Waals surface area contributed by atoms with Crippen LogP contribution < -0.4 is 9.64 Å². The topological polar surface area (TPSA) is 72.9 Å². The maximum Gasteiger partial charge on any atom is 0.418 e. The van der Waals surface area contributed by atoms with Crippen molar-refractivity contribution in [1.82, 2.24) is 0 Å². The van der Waals surface area contributed by atoms with Crippen LogP contribution in [0.1, 0.15) is 47.6 Å². The molecule has 2 heterocycles. The number of hydrogen-bond donors (Lipinski definition) is 0. The summed E-state index contributed by atoms with van der Waals surface area (Å²) in [5.41, 5.74) is -0.415. The van der Waals surface area contributed by atoms with Crippen LogP contribution in [0.5, 0.6) is 5.75 Å². The van der Waals surface area contributed by atoms with E-state index < -0.39 is 47.2 Å². The summed E-state index contributed by atoms with van der Waals surface area (Å²) in [5, 5.41) is 1.80. The predicted octanol–water partition coefficient (Wildman–Crippen LogP) is 6.49. The van der Waals surface area contributed by atoms with Crippen molar-refractivity contribution in [2.75, 3.05) is 18.6 Å². The number of anilines is 1. The van der Waals surface area contributed by atoms with E-state index in [1.54, 1.807) is 48.7 Å². The zero-order valence-electron chi connectivity index (χ0n) is 21.7. The number of ether oxygens (including phenoxy) is 2. The number of alkyl halides is 3. The molecule has 0 saturated heterocycles. The first kappa shape index (κ1) is 27.6. The Bertz CT molecular complexity index is 1480. The van der Waals surface area contributed by atoms with Gasteiger partial charge in [-0.2, -0.15) is 13.2 Å². The molecular formula is C30H26F3NO5S. The summed E-state index contributed by atoms with van der Waals surface area (Å²) >= 11 is 1.33. The monoisotopic (exact) mass is 569 g/mol. The van der Waals surface area contributed by atoms with Crippen molar-refractivity contribution in [2.45, 2.75) is 37.8 Å². The number of hydrogen-bond acceptors (Lipinski definition) is 6. The van der Waals surface area contributed by atoms with Gasteiger partial charge in [0.05, 0.1) is 25.0 Å². The molecule has 2 aromatic carbocycles. The largest absolute Gasteiger partial charge is 0.497 e. The number of ketones is 1. The number of allylic oxidation sites excluding steroid dienone is 2. The molecule has 0 spiro atoms. The molecular weight excluding hydrogens is 543 g/mol. The third kappa shape index (κ3) is 4.92. The van der Waals surface area contributed by atoms with Crippen molar-refractivity contribution in [3.05, 3.63) is 93.3 Å². The first-order valence-corrected chi connectivity index (χ1v) is 13.6. The lowest BCUT2D eigenvalue weighted by molar-refractivity contribution is -0.152. The Morgan fingerprint density at radius 2 is 1.82 bits per heavy atom. The van der Waals surface area contributed by atoms with Gasteiger partial charge in [0.25, 0.3) is 0 Å². The Hall–Kier alpha value is -3.92. The highest BCUT2D eigenvalue weighted by atomic mass is 32.1. The molecule has 2 aliphatic rings. The van der Waals surface area contributed by atoms with E-state index in [1.165, 1.54) is 36.6 Å². The molecule has 3 aromatic rings. The lowest BCUT2D eigenvalue weighted by atomic mass is 9.69. The summed E-state index contributed by atoms with van der Waals surface area (Å²) in [4.78, 5) is 43.1. The molecule has 0 unspecified atom stereocenters. The Morgan fingerprint density at radius 1 is 1.05 bits per heavy atom. The molecule has 10 heteroatoms. The number of amides is 1. The van der Waals surface area contributed by atoms with Crippen LogP contribution in [0.3, 0.4) is 0 Å². The molecule has 0 N–H and O–H groups in total. The van der Waals surface area contributed by atoms with E-state index in [-0.39, 0.29) is 36.4 Å². The Morgan fingerprint density at radius 3 is 2.50 bits per heavy atom. The molecule has 1 aliphatic carbocycles. The van der Waals surface area contributed by atoms with E-state index in [9.17, 15) is 27.6 Å². The van der Waals surface area contributed by atoms with Crippen LogP contribution in [-0.4, -0.2) is 31.4 Å². The summed E-state index contributed by atoms with van der Waals surface area (Å²) in [5.74, 6) is -4.00. The number of halogens is 3. The molecule has 1 aromatic heterocycles. The second-order valence-corrected chi connectivity index (χ2v) is 10.5. The number of benzene rings is 2. The average molecular weight is 570 g/mol. The van der Waals surface area contributed by atoms with Gasteiger partial charge in [-0.15, -0.1) is 11.3 Å². The van der Waals surface area contributed by atoms with Crippen LogP contribution in [0, 0.1) is 5.92 Å². The standard InChI is InChI=1S/C30H26F3NO5S/c1-3-39-29(37)27-20(24-12-7-13-40-24)15-23-26(28(27)36)19(17-8-6-9-18(14-17)38-2)16-25(35)34(23)22-11-5-4-10-21(22)30(31,32)33/h4-14,19-20,27H,3,15-16H2,1-2H3/t19-,20+,27+/m0/s1. The predicted molar refractivity (Wildman–Crippen MR) is 143 cm³/mol. The normalized spacial score (nSPS) is 21.3. The van der Waals surface area contributed by atoms with Crippen molar-refractivity contribution in [2.24, 2.45) is 5.92 Å². The molecule has 1 amide bonds. The van der Waals surface area contributed by atoms with Crippen molar-refractivity contribution in [1.29, 1.82) is 0 Å². The van der Waals surface area contributed by atoms with Gasteiger partial charge in [-0.1, -0.05) is 30.3 Å². The third-order valence-corrected chi connectivity index (χ3v) is 8.32. The fraction of sp³-hybridized carbons (Fsp3) is 0.300. The number of nitrogens with zero attached hydrogens (tertiary/aromatic N) is 1. The fourth-order valence-electron chi connectivity index (χ4n) is 5.63. The Balaban J connectivity index is 1.76. The molecule has 6 nitrogen and oxygen atoms in total. The molecule has 3 atom stereocenters. The molecule has 0 fully saturated rings. The SMILES string of the molecule is CCOC(=O)[C@H]1C(=O)C2=C(C[C@@H]1c1cccs1)N(c1ccccc1C(F)(F)F)C(=O)C[C@H]2c1cccc(OC)c1. The van der Waals surface area contributed by atoms with Gasteiger partial charge < -0.3 is 9.47 Å². The lowest BCUT2D eigenvalue weighted by Crippen LogP contribution is -2.47. The van der Waals surface area contributed by atoms with E-state index in [0.717, 1.165) is 11.0 Å². The number of methoxy groups -OCH3 is 1. The zero-order valence-corrected chi connectivity index (χ0v) is 22.6. The second-order valence-electron chi connectivity index (χ2n) is 9.56. The van der Waals surface area contributed by atoms with Crippen molar-refractivity contribution >= 4 is 34.7 Å². The van der Waals surface area contributed by atoms with Crippen molar-refractivity contribution in [3.8, 4) is 5.75 Å². The van der Waals surface area contributed by atoms with Gasteiger partial charge in [0, 0.05) is 34.4 Å². The molecule has 5 rings (SSSR count). The third-order valence-electron chi connectivity index (χ3n) is 7.32. The van der Waals surface area contributed by atoms with E-state index in [2.05, 4.69) is 0 Å². The number of thiophene rings is 1. The van der Waals surface area contributed by atoms with Gasteiger partial charge in [0.15, 0.2) is 5.78 Å². The van der Waals surface area contributed by atoms with Crippen LogP contribution in [0.25, 0.3) is 0 Å². The Kier molecular flexibility index (Phi) is 7.55.